The molecule has 0 heterocycles. The first-order chi connectivity index (χ1) is 12.4. The van der Waals surface area contributed by atoms with Crippen LogP contribution in [-0.2, 0) is 9.59 Å². The third-order valence-corrected chi connectivity index (χ3v) is 4.17. The van der Waals surface area contributed by atoms with Crippen LogP contribution in [0.25, 0.3) is 6.08 Å². The normalized spacial score (nSPS) is 10.6. The Labute approximate surface area is 154 Å². The molecule has 0 saturated heterocycles. The molecule has 0 aliphatic rings. The number of methoxy groups -OCH3 is 1. The summed E-state index contributed by atoms with van der Waals surface area (Å²) in [6.07, 6.45) is 3.16. The van der Waals surface area contributed by atoms with Crippen molar-refractivity contribution < 1.29 is 14.3 Å². The summed E-state index contributed by atoms with van der Waals surface area (Å²) < 4.78 is 5.10. The molecule has 136 valence electrons. The molecule has 0 bridgehead atoms. The average molecular weight is 352 g/mol. The second-order valence-electron chi connectivity index (χ2n) is 6.10. The van der Waals surface area contributed by atoms with Gasteiger partial charge in [0.2, 0.25) is 11.8 Å². The predicted octanol–water partition coefficient (Wildman–Crippen LogP) is 3.42. The summed E-state index contributed by atoms with van der Waals surface area (Å²) in [5, 5.41) is 2.85. The van der Waals surface area contributed by atoms with E-state index >= 15 is 0 Å². The Kier molecular flexibility index (Phi) is 6.55. The van der Waals surface area contributed by atoms with Gasteiger partial charge in [-0.1, -0.05) is 24.3 Å². The summed E-state index contributed by atoms with van der Waals surface area (Å²) >= 11 is 0. The highest BCUT2D eigenvalue weighted by atomic mass is 16.5. The number of carbonyl (C=O) groups is 2. The number of likely N-dealkylation sites (N-methyl/N-ethyl adjacent to an activating group) is 1. The number of aryl methyl sites for hydroxylation is 1. The van der Waals surface area contributed by atoms with Gasteiger partial charge in [0.25, 0.3) is 0 Å². The van der Waals surface area contributed by atoms with Crippen molar-refractivity contribution in [2.24, 2.45) is 0 Å². The van der Waals surface area contributed by atoms with Crippen molar-refractivity contribution in [3.63, 3.8) is 0 Å². The van der Waals surface area contributed by atoms with Crippen molar-refractivity contribution in [1.82, 2.24) is 4.90 Å². The number of carbonyl (C=O) groups excluding carboxylic acids is 2. The highest BCUT2D eigenvalue weighted by molar-refractivity contribution is 5.98. The fourth-order valence-electron chi connectivity index (χ4n) is 2.38. The predicted molar refractivity (Wildman–Crippen MR) is 104 cm³/mol. The van der Waals surface area contributed by atoms with Gasteiger partial charge in [0, 0.05) is 18.8 Å². The Balaban J connectivity index is 1.92. The van der Waals surface area contributed by atoms with Crippen LogP contribution >= 0.6 is 0 Å². The van der Waals surface area contributed by atoms with Crippen LogP contribution in [0.2, 0.25) is 0 Å². The number of benzene rings is 2. The van der Waals surface area contributed by atoms with Gasteiger partial charge in [0.15, 0.2) is 0 Å². The summed E-state index contributed by atoms with van der Waals surface area (Å²) in [6, 6.07) is 13.1. The van der Waals surface area contributed by atoms with Gasteiger partial charge in [-0.05, 0) is 54.8 Å². The van der Waals surface area contributed by atoms with E-state index in [4.69, 9.17) is 4.74 Å². The van der Waals surface area contributed by atoms with E-state index in [1.54, 1.807) is 20.2 Å². The molecule has 0 radical (unpaired) electrons. The number of anilines is 1. The van der Waals surface area contributed by atoms with Crippen LogP contribution in [0.3, 0.4) is 0 Å². The molecule has 2 aromatic carbocycles. The molecule has 26 heavy (non-hydrogen) atoms. The van der Waals surface area contributed by atoms with Gasteiger partial charge in [0.1, 0.15) is 5.75 Å². The zero-order chi connectivity index (χ0) is 19.1. The zero-order valence-corrected chi connectivity index (χ0v) is 15.6. The molecule has 0 unspecified atom stereocenters. The number of hydrogen-bond acceptors (Lipinski definition) is 3. The van der Waals surface area contributed by atoms with Crippen molar-refractivity contribution in [2.45, 2.75) is 13.8 Å². The molecule has 5 heteroatoms. The van der Waals surface area contributed by atoms with Crippen LogP contribution < -0.4 is 10.1 Å². The summed E-state index contributed by atoms with van der Waals surface area (Å²) in [7, 11) is 3.20. The van der Waals surface area contributed by atoms with Gasteiger partial charge in [-0.3, -0.25) is 9.59 Å². The summed E-state index contributed by atoms with van der Waals surface area (Å²) in [4.78, 5) is 25.8. The van der Waals surface area contributed by atoms with Crippen molar-refractivity contribution in [3.8, 4) is 5.75 Å². The quantitative estimate of drug-likeness (QED) is 0.811. The molecule has 1 N–H and O–H groups in total. The van der Waals surface area contributed by atoms with Crippen LogP contribution in [0.15, 0.2) is 48.5 Å². The molecule has 0 aliphatic carbocycles. The van der Waals surface area contributed by atoms with E-state index in [-0.39, 0.29) is 18.4 Å². The third kappa shape index (κ3) is 5.21. The average Bonchev–Trinajstić information content (AvgIpc) is 2.63. The minimum atomic E-state index is -0.239. The molecule has 0 aliphatic heterocycles. The Morgan fingerprint density at radius 3 is 2.46 bits per heavy atom. The summed E-state index contributed by atoms with van der Waals surface area (Å²) in [5.74, 6) is 0.290. The monoisotopic (exact) mass is 352 g/mol. The lowest BCUT2D eigenvalue weighted by Gasteiger charge is -2.16. The number of ether oxygens (including phenoxy) is 1. The van der Waals surface area contributed by atoms with Crippen LogP contribution in [-0.4, -0.2) is 37.4 Å². The van der Waals surface area contributed by atoms with Gasteiger partial charge >= 0.3 is 0 Å². The van der Waals surface area contributed by atoms with Gasteiger partial charge in [-0.2, -0.15) is 0 Å². The van der Waals surface area contributed by atoms with E-state index < -0.39 is 0 Å². The van der Waals surface area contributed by atoms with Gasteiger partial charge in [-0.25, -0.2) is 0 Å². The van der Waals surface area contributed by atoms with Crippen molar-refractivity contribution in [1.29, 1.82) is 0 Å². The van der Waals surface area contributed by atoms with E-state index in [0.717, 1.165) is 28.1 Å². The molecule has 2 amide bonds. The number of nitrogens with one attached hydrogen (secondary N) is 1. The maximum Gasteiger partial charge on any atom is 0.246 e. The molecule has 2 aromatic rings. The topological polar surface area (TPSA) is 58.6 Å². The van der Waals surface area contributed by atoms with Crippen LogP contribution in [0, 0.1) is 13.8 Å². The number of nitrogens with zero attached hydrogens (tertiary/aromatic N) is 1. The minimum Gasteiger partial charge on any atom is -0.497 e. The van der Waals surface area contributed by atoms with E-state index in [1.807, 2.05) is 56.3 Å². The van der Waals surface area contributed by atoms with Gasteiger partial charge in [-0.15, -0.1) is 0 Å². The Bertz CT molecular complexity index is 811. The molecule has 2 rings (SSSR count). The minimum absolute atomic E-state index is 0.0147. The molecular weight excluding hydrogens is 328 g/mol. The number of amides is 2. The molecule has 0 aromatic heterocycles. The lowest BCUT2D eigenvalue weighted by molar-refractivity contribution is -0.129. The third-order valence-electron chi connectivity index (χ3n) is 4.17. The van der Waals surface area contributed by atoms with Crippen molar-refractivity contribution >= 4 is 23.6 Å². The van der Waals surface area contributed by atoms with Crippen molar-refractivity contribution in [2.75, 3.05) is 26.0 Å². The molecule has 0 spiro atoms. The summed E-state index contributed by atoms with van der Waals surface area (Å²) in [6.45, 7) is 3.93. The zero-order valence-electron chi connectivity index (χ0n) is 15.6. The summed E-state index contributed by atoms with van der Waals surface area (Å²) in [5.41, 5.74) is 3.78. The smallest absolute Gasteiger partial charge is 0.246 e. The number of hydrogen-bond donors (Lipinski definition) is 1. The maximum absolute atomic E-state index is 12.2. The Morgan fingerprint density at radius 2 is 1.81 bits per heavy atom. The fraction of sp³-hybridized carbons (Fsp3) is 0.238. The molecule has 0 saturated carbocycles. The largest absolute Gasteiger partial charge is 0.497 e. The molecule has 5 nitrogen and oxygen atoms in total. The Morgan fingerprint density at radius 1 is 1.12 bits per heavy atom. The van der Waals surface area contributed by atoms with Gasteiger partial charge < -0.3 is 15.0 Å². The standard InChI is InChI=1S/C21H24N2O3/c1-15-6-5-7-19(16(15)2)22-20(24)14-23(3)21(25)13-10-17-8-11-18(26-4)12-9-17/h5-13H,14H2,1-4H3,(H,22,24)/b13-10+. The van der Waals surface area contributed by atoms with Gasteiger partial charge in [0.05, 0.1) is 13.7 Å². The van der Waals surface area contributed by atoms with E-state index in [9.17, 15) is 9.59 Å². The maximum atomic E-state index is 12.2. The first kappa shape index (κ1) is 19.2. The fourth-order valence-corrected chi connectivity index (χ4v) is 2.38. The molecular formula is C21H24N2O3. The number of rotatable bonds is 6. The second kappa shape index (κ2) is 8.85. The first-order valence-electron chi connectivity index (χ1n) is 8.34. The Hall–Kier alpha value is -3.08. The molecule has 0 fully saturated rings. The highest BCUT2D eigenvalue weighted by Crippen LogP contribution is 2.17. The second-order valence-corrected chi connectivity index (χ2v) is 6.10. The van der Waals surface area contributed by atoms with Crippen molar-refractivity contribution in [3.05, 3.63) is 65.2 Å². The first-order valence-corrected chi connectivity index (χ1v) is 8.34. The van der Waals surface area contributed by atoms with E-state index in [0.29, 0.717) is 0 Å². The highest BCUT2D eigenvalue weighted by Gasteiger charge is 2.12. The van der Waals surface area contributed by atoms with E-state index in [1.165, 1.54) is 11.0 Å². The van der Waals surface area contributed by atoms with Crippen LogP contribution in [0.1, 0.15) is 16.7 Å². The van der Waals surface area contributed by atoms with Crippen LogP contribution in [0.5, 0.6) is 5.75 Å². The lowest BCUT2D eigenvalue weighted by atomic mass is 10.1. The molecule has 0 atom stereocenters. The lowest BCUT2D eigenvalue weighted by Crippen LogP contribution is -2.34. The van der Waals surface area contributed by atoms with Crippen LogP contribution in [0.4, 0.5) is 5.69 Å². The SMILES string of the molecule is COc1ccc(/C=C/C(=O)N(C)CC(=O)Nc2cccc(C)c2C)cc1. The van der Waals surface area contributed by atoms with E-state index in [2.05, 4.69) is 5.32 Å².